The molecular formula is C44H28N2O2. The molecule has 9 rings (SSSR count). The molecule has 0 aliphatic heterocycles. The second-order valence-electron chi connectivity index (χ2n) is 11.8. The minimum Gasteiger partial charge on any atom is -0.445 e. The van der Waals surface area contributed by atoms with Gasteiger partial charge in [-0.05, 0) is 96.4 Å². The maximum Gasteiger partial charge on any atom is 0.225 e. The van der Waals surface area contributed by atoms with Gasteiger partial charge >= 0.3 is 0 Å². The molecule has 0 amide bonds. The molecule has 0 bridgehead atoms. The first-order valence-corrected chi connectivity index (χ1v) is 16.0. The Morgan fingerprint density at radius 1 is 0.333 bits per heavy atom. The van der Waals surface area contributed by atoms with Gasteiger partial charge in [0.05, 0.1) is 12.4 Å². The van der Waals surface area contributed by atoms with E-state index >= 15 is 0 Å². The summed E-state index contributed by atoms with van der Waals surface area (Å²) in [4.78, 5) is 8.71. The minimum atomic E-state index is 0.611. The number of hydrogen-bond acceptors (Lipinski definition) is 4. The van der Waals surface area contributed by atoms with Gasteiger partial charge in [0.15, 0.2) is 0 Å². The standard InChI is InChI=1S/C44H28N2O2/c1-2-8-29(9-3-1)35-10-4-5-11-36(35)34-22-23-39-40(28-34)42(31-16-20-33(21-17-31)44-46-25-27-48-44)38-13-7-6-12-37(38)41(39)30-14-18-32(19-15-30)43-45-24-26-47-43/h1-28H. The van der Waals surface area contributed by atoms with E-state index in [0.29, 0.717) is 11.8 Å². The Morgan fingerprint density at radius 3 is 1.31 bits per heavy atom. The largest absolute Gasteiger partial charge is 0.445 e. The molecular weight excluding hydrogens is 588 g/mol. The van der Waals surface area contributed by atoms with Crippen LogP contribution in [0.4, 0.5) is 0 Å². The lowest BCUT2D eigenvalue weighted by molar-refractivity contribution is 0.574. The molecule has 0 unspecified atom stereocenters. The van der Waals surface area contributed by atoms with Crippen LogP contribution in [0.25, 0.3) is 89.0 Å². The molecule has 0 saturated heterocycles. The molecule has 4 heteroatoms. The number of oxazole rings is 2. The van der Waals surface area contributed by atoms with Crippen molar-refractivity contribution >= 4 is 21.5 Å². The van der Waals surface area contributed by atoms with Crippen molar-refractivity contribution in [3.05, 3.63) is 171 Å². The van der Waals surface area contributed by atoms with Crippen molar-refractivity contribution in [3.63, 3.8) is 0 Å². The van der Waals surface area contributed by atoms with E-state index < -0.39 is 0 Å². The summed E-state index contributed by atoms with van der Waals surface area (Å²) >= 11 is 0. The lowest BCUT2D eigenvalue weighted by Crippen LogP contribution is -1.93. The second kappa shape index (κ2) is 11.7. The summed E-state index contributed by atoms with van der Waals surface area (Å²) in [7, 11) is 0. The van der Waals surface area contributed by atoms with Gasteiger partial charge in [-0.1, -0.05) is 115 Å². The lowest BCUT2D eigenvalue weighted by atomic mass is 9.84. The molecule has 0 radical (unpaired) electrons. The topological polar surface area (TPSA) is 52.1 Å². The van der Waals surface area contributed by atoms with Crippen LogP contribution in [0.3, 0.4) is 0 Å². The normalized spacial score (nSPS) is 11.3. The van der Waals surface area contributed by atoms with Crippen molar-refractivity contribution in [1.29, 1.82) is 0 Å². The van der Waals surface area contributed by atoms with Gasteiger partial charge in [0, 0.05) is 11.1 Å². The fourth-order valence-corrected chi connectivity index (χ4v) is 6.86. The van der Waals surface area contributed by atoms with Crippen LogP contribution in [0.2, 0.25) is 0 Å². The van der Waals surface area contributed by atoms with Crippen LogP contribution in [0, 0.1) is 0 Å². The molecule has 0 atom stereocenters. The van der Waals surface area contributed by atoms with E-state index in [1.165, 1.54) is 54.9 Å². The van der Waals surface area contributed by atoms with Crippen LogP contribution in [0.5, 0.6) is 0 Å². The molecule has 0 fully saturated rings. The Hall–Kier alpha value is -6.52. The average molecular weight is 617 g/mol. The zero-order chi connectivity index (χ0) is 31.9. The Balaban J connectivity index is 1.31. The minimum absolute atomic E-state index is 0.611. The van der Waals surface area contributed by atoms with E-state index in [4.69, 9.17) is 8.83 Å². The van der Waals surface area contributed by atoms with Gasteiger partial charge < -0.3 is 8.83 Å². The van der Waals surface area contributed by atoms with Crippen LogP contribution in [0.1, 0.15) is 0 Å². The van der Waals surface area contributed by atoms with Crippen molar-refractivity contribution < 1.29 is 8.83 Å². The van der Waals surface area contributed by atoms with Gasteiger partial charge in [-0.3, -0.25) is 0 Å². The summed E-state index contributed by atoms with van der Waals surface area (Å²) in [5.41, 5.74) is 11.3. The molecule has 0 aliphatic carbocycles. The van der Waals surface area contributed by atoms with E-state index in [1.54, 1.807) is 24.9 Å². The molecule has 226 valence electrons. The SMILES string of the molecule is c1ccc(-c2ccccc2-c2ccc3c(-c4ccc(-c5ncco5)cc4)c4ccccc4c(-c4ccc(-c5ncco5)cc4)c3c2)cc1. The summed E-state index contributed by atoms with van der Waals surface area (Å²) in [5, 5.41) is 4.75. The summed E-state index contributed by atoms with van der Waals surface area (Å²) < 4.78 is 11.2. The van der Waals surface area contributed by atoms with E-state index in [2.05, 4.69) is 156 Å². The number of hydrogen-bond donors (Lipinski definition) is 0. The van der Waals surface area contributed by atoms with E-state index in [1.807, 2.05) is 0 Å². The highest BCUT2D eigenvalue weighted by Gasteiger charge is 2.19. The van der Waals surface area contributed by atoms with Crippen LogP contribution >= 0.6 is 0 Å². The first-order chi connectivity index (χ1) is 23.8. The fourth-order valence-electron chi connectivity index (χ4n) is 6.86. The van der Waals surface area contributed by atoms with Crippen molar-refractivity contribution in [2.24, 2.45) is 0 Å². The van der Waals surface area contributed by atoms with Crippen LogP contribution < -0.4 is 0 Å². The van der Waals surface area contributed by atoms with E-state index in [0.717, 1.165) is 22.3 Å². The molecule has 0 spiro atoms. The molecule has 4 nitrogen and oxygen atoms in total. The van der Waals surface area contributed by atoms with Crippen LogP contribution in [-0.2, 0) is 0 Å². The average Bonchev–Trinajstić information content (AvgIpc) is 3.91. The zero-order valence-corrected chi connectivity index (χ0v) is 25.9. The second-order valence-corrected chi connectivity index (χ2v) is 11.8. The maximum absolute atomic E-state index is 5.59. The first kappa shape index (κ1) is 27.8. The zero-order valence-electron chi connectivity index (χ0n) is 25.9. The highest BCUT2D eigenvalue weighted by Crippen LogP contribution is 2.46. The molecule has 7 aromatic carbocycles. The third kappa shape index (κ3) is 4.79. The van der Waals surface area contributed by atoms with Crippen molar-refractivity contribution in [1.82, 2.24) is 9.97 Å². The number of nitrogens with zero attached hydrogens (tertiary/aromatic N) is 2. The Bertz CT molecular complexity index is 2520. The predicted molar refractivity (Wildman–Crippen MR) is 194 cm³/mol. The molecule has 0 N–H and O–H groups in total. The molecule has 0 saturated carbocycles. The highest BCUT2D eigenvalue weighted by molar-refractivity contribution is 6.22. The number of aromatic nitrogens is 2. The Labute approximate surface area is 277 Å². The number of fused-ring (bicyclic) bond motifs is 2. The molecule has 0 aliphatic rings. The summed E-state index contributed by atoms with van der Waals surface area (Å²) in [6.07, 6.45) is 6.56. The highest BCUT2D eigenvalue weighted by atomic mass is 16.3. The summed E-state index contributed by atoms with van der Waals surface area (Å²) in [6.45, 7) is 0. The van der Waals surface area contributed by atoms with Crippen molar-refractivity contribution in [3.8, 4) is 67.4 Å². The van der Waals surface area contributed by atoms with Gasteiger partial charge in [0.2, 0.25) is 11.8 Å². The molecule has 48 heavy (non-hydrogen) atoms. The predicted octanol–water partition coefficient (Wildman–Crippen LogP) is 12.0. The van der Waals surface area contributed by atoms with E-state index in [9.17, 15) is 0 Å². The van der Waals surface area contributed by atoms with Gasteiger partial charge in [0.25, 0.3) is 0 Å². The van der Waals surface area contributed by atoms with Crippen LogP contribution in [-0.4, -0.2) is 9.97 Å². The third-order valence-electron chi connectivity index (χ3n) is 9.05. The lowest BCUT2D eigenvalue weighted by Gasteiger charge is -2.19. The van der Waals surface area contributed by atoms with Gasteiger partial charge in [-0.25, -0.2) is 9.97 Å². The fraction of sp³-hybridized carbons (Fsp3) is 0. The number of benzene rings is 7. The quantitative estimate of drug-likeness (QED) is 0.174. The molecule has 2 aromatic heterocycles. The molecule has 2 heterocycles. The first-order valence-electron chi connectivity index (χ1n) is 16.0. The van der Waals surface area contributed by atoms with Crippen molar-refractivity contribution in [2.75, 3.05) is 0 Å². The van der Waals surface area contributed by atoms with Gasteiger partial charge in [-0.2, -0.15) is 0 Å². The van der Waals surface area contributed by atoms with Crippen molar-refractivity contribution in [2.45, 2.75) is 0 Å². The Kier molecular flexibility index (Phi) is 6.76. The van der Waals surface area contributed by atoms with Crippen LogP contribution in [0.15, 0.2) is 179 Å². The Morgan fingerprint density at radius 2 is 0.771 bits per heavy atom. The third-order valence-corrected chi connectivity index (χ3v) is 9.05. The number of rotatable bonds is 6. The monoisotopic (exact) mass is 616 g/mol. The van der Waals surface area contributed by atoms with Gasteiger partial charge in [0.1, 0.15) is 12.5 Å². The van der Waals surface area contributed by atoms with Gasteiger partial charge in [-0.15, -0.1) is 0 Å². The molecule has 9 aromatic rings. The summed E-state index contributed by atoms with van der Waals surface area (Å²) in [6, 6.07) is 51.9. The smallest absolute Gasteiger partial charge is 0.225 e. The summed E-state index contributed by atoms with van der Waals surface area (Å²) in [5.74, 6) is 1.22. The maximum atomic E-state index is 5.59. The van der Waals surface area contributed by atoms with E-state index in [-0.39, 0.29) is 0 Å².